The molecule has 16 heavy (non-hydrogen) atoms. The third-order valence-electron chi connectivity index (χ3n) is 2.96. The van der Waals surface area contributed by atoms with Crippen LogP contribution in [0, 0.1) is 12.8 Å². The largest absolute Gasteiger partial charge is 0.380 e. The van der Waals surface area contributed by atoms with Crippen LogP contribution in [0.3, 0.4) is 0 Å². The van der Waals surface area contributed by atoms with E-state index in [0.29, 0.717) is 6.61 Å². The summed E-state index contributed by atoms with van der Waals surface area (Å²) in [6.07, 6.45) is 3.59. The second-order valence-corrected chi connectivity index (χ2v) is 4.93. The molecule has 0 heterocycles. The number of hydrogen-bond donors (Lipinski definition) is 1. The maximum absolute atomic E-state index is 6.04. The van der Waals surface area contributed by atoms with E-state index >= 15 is 0 Å². The summed E-state index contributed by atoms with van der Waals surface area (Å²) in [7, 11) is 0. The maximum atomic E-state index is 6.04. The Hall–Kier alpha value is -0.860. The Morgan fingerprint density at radius 1 is 1.44 bits per heavy atom. The lowest BCUT2D eigenvalue weighted by atomic mass is 10.1. The molecule has 0 aromatic heterocycles. The quantitative estimate of drug-likeness (QED) is 0.796. The van der Waals surface area contributed by atoms with Gasteiger partial charge in [0.1, 0.15) is 0 Å². The van der Waals surface area contributed by atoms with Crippen LogP contribution in [-0.4, -0.2) is 19.3 Å². The van der Waals surface area contributed by atoms with Gasteiger partial charge < -0.3 is 10.5 Å². The van der Waals surface area contributed by atoms with Gasteiger partial charge >= 0.3 is 0 Å². The smallest absolute Gasteiger partial charge is 0.0620 e. The zero-order valence-electron chi connectivity index (χ0n) is 9.99. The van der Waals surface area contributed by atoms with Crippen molar-refractivity contribution in [2.24, 2.45) is 11.7 Å². The molecule has 1 aromatic rings. The predicted octanol–water partition coefficient (Wildman–Crippen LogP) is 2.29. The summed E-state index contributed by atoms with van der Waals surface area (Å²) in [6.45, 7) is 3.70. The normalized spacial score (nSPS) is 17.4. The Balaban J connectivity index is 1.70. The Bertz CT molecular complexity index is 333. The van der Waals surface area contributed by atoms with Gasteiger partial charge in [-0.3, -0.25) is 0 Å². The van der Waals surface area contributed by atoms with Crippen molar-refractivity contribution in [3.8, 4) is 0 Å². The van der Waals surface area contributed by atoms with Gasteiger partial charge in [-0.25, -0.2) is 0 Å². The summed E-state index contributed by atoms with van der Waals surface area (Å²) in [6, 6.07) is 8.65. The molecule has 0 bridgehead atoms. The van der Waals surface area contributed by atoms with E-state index < -0.39 is 0 Å². The molecule has 2 rings (SSSR count). The molecule has 88 valence electrons. The third kappa shape index (κ3) is 3.95. The monoisotopic (exact) mass is 219 g/mol. The van der Waals surface area contributed by atoms with Gasteiger partial charge in [0.05, 0.1) is 6.61 Å². The zero-order chi connectivity index (χ0) is 11.4. The number of aryl methyl sites for hydroxylation is 1. The van der Waals surface area contributed by atoms with Gasteiger partial charge in [0.2, 0.25) is 0 Å². The van der Waals surface area contributed by atoms with Gasteiger partial charge in [-0.15, -0.1) is 0 Å². The minimum Gasteiger partial charge on any atom is -0.380 e. The van der Waals surface area contributed by atoms with E-state index in [-0.39, 0.29) is 6.04 Å². The molecule has 1 saturated carbocycles. The minimum absolute atomic E-state index is 0.126. The molecule has 1 aromatic carbocycles. The van der Waals surface area contributed by atoms with Crippen molar-refractivity contribution in [1.29, 1.82) is 0 Å². The van der Waals surface area contributed by atoms with Crippen LogP contribution >= 0.6 is 0 Å². The van der Waals surface area contributed by atoms with Crippen molar-refractivity contribution in [3.05, 3.63) is 35.4 Å². The first-order valence-corrected chi connectivity index (χ1v) is 6.13. The molecule has 2 nitrogen and oxygen atoms in total. The van der Waals surface area contributed by atoms with Crippen LogP contribution in [0.1, 0.15) is 24.0 Å². The molecule has 0 amide bonds. The van der Waals surface area contributed by atoms with Crippen molar-refractivity contribution in [2.45, 2.75) is 32.2 Å². The number of hydrogen-bond acceptors (Lipinski definition) is 2. The van der Waals surface area contributed by atoms with Gasteiger partial charge in [0.25, 0.3) is 0 Å². The lowest BCUT2D eigenvalue weighted by Gasteiger charge is -2.12. The predicted molar refractivity (Wildman–Crippen MR) is 66.4 cm³/mol. The van der Waals surface area contributed by atoms with Gasteiger partial charge in [-0.2, -0.15) is 0 Å². The zero-order valence-corrected chi connectivity index (χ0v) is 9.99. The van der Waals surface area contributed by atoms with Crippen LogP contribution in [0.2, 0.25) is 0 Å². The number of ether oxygens (including phenoxy) is 1. The molecule has 1 aliphatic rings. The average molecular weight is 219 g/mol. The lowest BCUT2D eigenvalue weighted by molar-refractivity contribution is 0.112. The van der Waals surface area contributed by atoms with E-state index in [9.17, 15) is 0 Å². The first kappa shape index (κ1) is 11.6. The molecule has 2 N–H and O–H groups in total. The molecule has 2 heteroatoms. The Kier molecular flexibility index (Phi) is 3.97. The van der Waals surface area contributed by atoms with Crippen molar-refractivity contribution < 1.29 is 4.74 Å². The highest BCUT2D eigenvalue weighted by Crippen LogP contribution is 2.28. The highest BCUT2D eigenvalue weighted by atomic mass is 16.5. The fraction of sp³-hybridized carbons (Fsp3) is 0.571. The SMILES string of the molecule is Cc1cccc(CC(N)COCC2CC2)c1. The van der Waals surface area contributed by atoms with E-state index in [2.05, 4.69) is 31.2 Å². The molecule has 0 saturated heterocycles. The second kappa shape index (κ2) is 5.46. The molecule has 0 aliphatic heterocycles. The molecule has 0 radical (unpaired) electrons. The Morgan fingerprint density at radius 2 is 2.25 bits per heavy atom. The Labute approximate surface area is 97.8 Å². The van der Waals surface area contributed by atoms with Crippen molar-refractivity contribution in [1.82, 2.24) is 0 Å². The molecule has 1 fully saturated rings. The molecule has 1 unspecified atom stereocenters. The summed E-state index contributed by atoms with van der Waals surface area (Å²) in [5.74, 6) is 0.825. The maximum Gasteiger partial charge on any atom is 0.0620 e. The summed E-state index contributed by atoms with van der Waals surface area (Å²) >= 11 is 0. The highest BCUT2D eigenvalue weighted by molar-refractivity contribution is 5.22. The summed E-state index contributed by atoms with van der Waals surface area (Å²) in [5.41, 5.74) is 8.64. The fourth-order valence-corrected chi connectivity index (χ4v) is 1.87. The first-order valence-electron chi connectivity index (χ1n) is 6.13. The van der Waals surface area contributed by atoms with E-state index in [4.69, 9.17) is 10.5 Å². The van der Waals surface area contributed by atoms with Crippen LogP contribution < -0.4 is 5.73 Å². The highest BCUT2D eigenvalue weighted by Gasteiger charge is 2.21. The first-order chi connectivity index (χ1) is 7.74. The number of benzene rings is 1. The Morgan fingerprint density at radius 3 is 2.94 bits per heavy atom. The minimum atomic E-state index is 0.126. The molecule has 1 atom stereocenters. The van der Waals surface area contributed by atoms with E-state index in [1.165, 1.54) is 24.0 Å². The van der Waals surface area contributed by atoms with E-state index in [0.717, 1.165) is 18.9 Å². The van der Waals surface area contributed by atoms with Gasteiger partial charge in [-0.1, -0.05) is 29.8 Å². The number of nitrogens with two attached hydrogens (primary N) is 1. The summed E-state index contributed by atoms with van der Waals surface area (Å²) in [5, 5.41) is 0. The van der Waals surface area contributed by atoms with Gasteiger partial charge in [-0.05, 0) is 37.7 Å². The van der Waals surface area contributed by atoms with E-state index in [1.54, 1.807) is 0 Å². The molecule has 1 aliphatic carbocycles. The molecular weight excluding hydrogens is 198 g/mol. The van der Waals surface area contributed by atoms with Crippen LogP contribution in [-0.2, 0) is 11.2 Å². The second-order valence-electron chi connectivity index (χ2n) is 4.93. The van der Waals surface area contributed by atoms with Crippen molar-refractivity contribution in [3.63, 3.8) is 0 Å². The third-order valence-corrected chi connectivity index (χ3v) is 2.96. The van der Waals surface area contributed by atoms with Gasteiger partial charge in [0, 0.05) is 12.6 Å². The standard InChI is InChI=1S/C14H21NO/c1-11-3-2-4-13(7-11)8-14(15)10-16-9-12-5-6-12/h2-4,7,12,14H,5-6,8-10,15H2,1H3. The number of rotatable bonds is 6. The van der Waals surface area contributed by atoms with Crippen molar-refractivity contribution >= 4 is 0 Å². The lowest BCUT2D eigenvalue weighted by Crippen LogP contribution is -2.29. The van der Waals surface area contributed by atoms with Crippen molar-refractivity contribution in [2.75, 3.05) is 13.2 Å². The molecule has 0 spiro atoms. The van der Waals surface area contributed by atoms with Gasteiger partial charge in [0.15, 0.2) is 0 Å². The summed E-state index contributed by atoms with van der Waals surface area (Å²) < 4.78 is 5.60. The van der Waals surface area contributed by atoms with Crippen LogP contribution in [0.15, 0.2) is 24.3 Å². The van der Waals surface area contributed by atoms with Crippen LogP contribution in [0.25, 0.3) is 0 Å². The average Bonchev–Trinajstić information content (AvgIpc) is 3.01. The molecular formula is C14H21NO. The van der Waals surface area contributed by atoms with Crippen LogP contribution in [0.5, 0.6) is 0 Å². The fourth-order valence-electron chi connectivity index (χ4n) is 1.87. The summed E-state index contributed by atoms with van der Waals surface area (Å²) in [4.78, 5) is 0. The topological polar surface area (TPSA) is 35.2 Å². The van der Waals surface area contributed by atoms with Crippen LogP contribution in [0.4, 0.5) is 0 Å². The van der Waals surface area contributed by atoms with E-state index in [1.807, 2.05) is 0 Å².